The summed E-state index contributed by atoms with van der Waals surface area (Å²) in [7, 11) is 3.46. The average Bonchev–Trinajstić information content (AvgIpc) is 2.75. The summed E-state index contributed by atoms with van der Waals surface area (Å²) < 4.78 is 5.42. The van der Waals surface area contributed by atoms with E-state index >= 15 is 0 Å². The molecule has 7 heteroatoms. The molecule has 0 saturated carbocycles. The van der Waals surface area contributed by atoms with E-state index in [4.69, 9.17) is 4.42 Å². The fourth-order valence-corrected chi connectivity index (χ4v) is 1.44. The first-order chi connectivity index (χ1) is 8.47. The van der Waals surface area contributed by atoms with Crippen LogP contribution < -0.4 is 28.9 Å². The third kappa shape index (κ3) is 3.37. The monoisotopic (exact) mass is 253 g/mol. The first-order valence-corrected chi connectivity index (χ1v) is 5.32. The van der Waals surface area contributed by atoms with Crippen molar-refractivity contribution in [3.05, 3.63) is 29.7 Å². The quantitative estimate of drug-likeness (QED) is 0.561. The van der Waals surface area contributed by atoms with Gasteiger partial charge in [0, 0.05) is 14.1 Å². The fourth-order valence-electron chi connectivity index (χ4n) is 1.44. The molecule has 6 nitrogen and oxygen atoms in total. The molecular formula is C12H12LiN3O3. The molecule has 0 bridgehead atoms. The molecule has 0 N–H and O–H groups in total. The van der Waals surface area contributed by atoms with Crippen molar-refractivity contribution in [1.82, 2.24) is 9.97 Å². The number of furan rings is 1. The topological polar surface area (TPSA) is 82.3 Å². The minimum absolute atomic E-state index is 0. The third-order valence-electron chi connectivity index (χ3n) is 2.32. The van der Waals surface area contributed by atoms with E-state index in [1.165, 1.54) is 6.07 Å². The molecule has 0 aromatic carbocycles. The molecule has 0 aliphatic rings. The van der Waals surface area contributed by atoms with Gasteiger partial charge in [0.15, 0.2) is 5.76 Å². The molecule has 2 aromatic heterocycles. The number of hydrogen-bond donors (Lipinski definition) is 0. The number of aryl methyl sites for hydroxylation is 1. The van der Waals surface area contributed by atoms with Crippen LogP contribution in [0.4, 0.5) is 5.95 Å². The van der Waals surface area contributed by atoms with E-state index in [1.807, 2.05) is 0 Å². The van der Waals surface area contributed by atoms with E-state index < -0.39 is 5.97 Å². The van der Waals surface area contributed by atoms with Gasteiger partial charge in [-0.15, -0.1) is 0 Å². The van der Waals surface area contributed by atoms with Crippen molar-refractivity contribution in [3.8, 4) is 11.5 Å². The van der Waals surface area contributed by atoms with Crippen LogP contribution in [0.25, 0.3) is 11.5 Å². The Balaban J connectivity index is 0.00000180. The summed E-state index contributed by atoms with van der Waals surface area (Å²) in [6.45, 7) is 1.80. The zero-order valence-electron chi connectivity index (χ0n) is 11.3. The molecule has 19 heavy (non-hydrogen) atoms. The minimum Gasteiger partial charge on any atom is -0.543 e. The molecule has 0 radical (unpaired) electrons. The number of aromatic nitrogens is 2. The predicted octanol–water partition coefficient (Wildman–Crippen LogP) is -2.52. The van der Waals surface area contributed by atoms with Crippen LogP contribution >= 0.6 is 0 Å². The van der Waals surface area contributed by atoms with E-state index in [1.54, 1.807) is 38.1 Å². The second-order valence-electron chi connectivity index (χ2n) is 4.03. The van der Waals surface area contributed by atoms with Crippen molar-refractivity contribution in [1.29, 1.82) is 0 Å². The Kier molecular flexibility index (Phi) is 4.76. The minimum atomic E-state index is -1.34. The predicted molar refractivity (Wildman–Crippen MR) is 63.1 cm³/mol. The number of carbonyl (C=O) groups excluding carboxylic acids is 1. The number of aromatic carboxylic acids is 1. The van der Waals surface area contributed by atoms with Gasteiger partial charge in [-0.3, -0.25) is 0 Å². The van der Waals surface area contributed by atoms with Crippen LogP contribution in [0, 0.1) is 6.92 Å². The van der Waals surface area contributed by atoms with Crippen LogP contribution in [0.5, 0.6) is 0 Å². The van der Waals surface area contributed by atoms with Crippen LogP contribution in [0.3, 0.4) is 0 Å². The number of anilines is 1. The summed E-state index contributed by atoms with van der Waals surface area (Å²) >= 11 is 0. The Morgan fingerprint density at radius 3 is 2.47 bits per heavy atom. The van der Waals surface area contributed by atoms with Gasteiger partial charge < -0.3 is 19.2 Å². The standard InChI is InChI=1S/C12H13N3O3.Li/c1-7-4-5-10(18-7)8-6-9(11(16)17)14-12(13-8)15(2)3;/h4-6H,1-3H3,(H,16,17);/q;+1/p-1. The van der Waals surface area contributed by atoms with Gasteiger partial charge in [0.05, 0.1) is 11.7 Å². The van der Waals surface area contributed by atoms with Crippen LogP contribution in [0.1, 0.15) is 16.2 Å². The Hall–Kier alpha value is -1.77. The molecular weight excluding hydrogens is 241 g/mol. The molecule has 0 spiro atoms. The van der Waals surface area contributed by atoms with Gasteiger partial charge in [0.2, 0.25) is 5.95 Å². The summed E-state index contributed by atoms with van der Waals surface area (Å²) in [5.41, 5.74) is 0.249. The van der Waals surface area contributed by atoms with Crippen LogP contribution in [-0.4, -0.2) is 30.0 Å². The zero-order valence-corrected chi connectivity index (χ0v) is 11.3. The first-order valence-electron chi connectivity index (χ1n) is 5.32. The van der Waals surface area contributed by atoms with Crippen LogP contribution in [0.2, 0.25) is 0 Å². The normalized spacial score (nSPS) is 9.84. The van der Waals surface area contributed by atoms with Gasteiger partial charge in [-0.2, -0.15) is 0 Å². The number of carboxylic acids is 1. The van der Waals surface area contributed by atoms with Crippen molar-refractivity contribution in [2.24, 2.45) is 0 Å². The maximum atomic E-state index is 10.9. The van der Waals surface area contributed by atoms with Gasteiger partial charge in [0.1, 0.15) is 11.5 Å². The van der Waals surface area contributed by atoms with E-state index in [0.717, 1.165) is 5.76 Å². The fraction of sp³-hybridized carbons (Fsp3) is 0.250. The van der Waals surface area contributed by atoms with Gasteiger partial charge in [0.25, 0.3) is 0 Å². The maximum absolute atomic E-state index is 10.9. The first kappa shape index (κ1) is 15.3. The van der Waals surface area contributed by atoms with E-state index in [0.29, 0.717) is 17.4 Å². The van der Waals surface area contributed by atoms with E-state index in [2.05, 4.69) is 9.97 Å². The Morgan fingerprint density at radius 2 is 2.00 bits per heavy atom. The average molecular weight is 253 g/mol. The summed E-state index contributed by atoms with van der Waals surface area (Å²) in [6.07, 6.45) is 0. The Morgan fingerprint density at radius 1 is 1.32 bits per heavy atom. The third-order valence-corrected chi connectivity index (χ3v) is 2.32. The molecule has 0 saturated heterocycles. The molecule has 0 amide bonds. The van der Waals surface area contributed by atoms with Gasteiger partial charge in [-0.25, -0.2) is 9.97 Å². The SMILES string of the molecule is Cc1ccc(-c2cc(C(=O)[O-])nc(N(C)C)n2)o1.[Li+]. The second-order valence-corrected chi connectivity index (χ2v) is 4.03. The molecule has 0 atom stereocenters. The summed E-state index contributed by atoms with van der Waals surface area (Å²) in [5, 5.41) is 10.9. The van der Waals surface area contributed by atoms with Gasteiger partial charge >= 0.3 is 18.9 Å². The Labute approximate surface area is 122 Å². The van der Waals surface area contributed by atoms with Crippen LogP contribution in [0.15, 0.2) is 22.6 Å². The van der Waals surface area contributed by atoms with Crippen molar-refractivity contribution >= 4 is 11.9 Å². The number of hydrogen-bond acceptors (Lipinski definition) is 6. The van der Waals surface area contributed by atoms with E-state index in [9.17, 15) is 9.90 Å². The molecule has 0 aliphatic heterocycles. The van der Waals surface area contributed by atoms with Crippen molar-refractivity contribution in [2.75, 3.05) is 19.0 Å². The van der Waals surface area contributed by atoms with Crippen molar-refractivity contribution in [3.63, 3.8) is 0 Å². The number of carboxylic acid groups (broad SMARTS) is 1. The smallest absolute Gasteiger partial charge is 0.543 e. The summed E-state index contributed by atoms with van der Waals surface area (Å²) in [6, 6.07) is 4.85. The summed E-state index contributed by atoms with van der Waals surface area (Å²) in [5.74, 6) is 0.177. The molecule has 0 fully saturated rings. The molecule has 2 heterocycles. The van der Waals surface area contributed by atoms with Crippen molar-refractivity contribution in [2.45, 2.75) is 6.92 Å². The van der Waals surface area contributed by atoms with Crippen molar-refractivity contribution < 1.29 is 33.2 Å². The maximum Gasteiger partial charge on any atom is 1.00 e. The Bertz CT molecular complexity index is 596. The van der Waals surface area contributed by atoms with E-state index in [-0.39, 0.29) is 24.6 Å². The van der Waals surface area contributed by atoms with Gasteiger partial charge in [-0.1, -0.05) is 0 Å². The van der Waals surface area contributed by atoms with Crippen LogP contribution in [-0.2, 0) is 0 Å². The summed E-state index contributed by atoms with van der Waals surface area (Å²) in [4.78, 5) is 20.6. The van der Waals surface area contributed by atoms with Gasteiger partial charge in [-0.05, 0) is 25.1 Å². The molecule has 2 aromatic rings. The largest absolute Gasteiger partial charge is 1.00 e. The number of rotatable bonds is 3. The zero-order chi connectivity index (χ0) is 13.3. The number of carbonyl (C=O) groups is 1. The molecule has 2 rings (SSSR count). The molecule has 94 valence electrons. The molecule has 0 aliphatic carbocycles. The number of nitrogens with zero attached hydrogens (tertiary/aromatic N) is 3. The molecule has 0 unspecified atom stereocenters. The second kappa shape index (κ2) is 5.91.